The number of aromatic nitrogens is 2. The van der Waals surface area contributed by atoms with Crippen LogP contribution in [0.5, 0.6) is 0 Å². The van der Waals surface area contributed by atoms with Gasteiger partial charge in [0.05, 0.1) is 12.2 Å². The zero-order chi connectivity index (χ0) is 13.7. The molecule has 0 spiro atoms. The second kappa shape index (κ2) is 5.95. The molecular weight excluding hydrogens is 244 g/mol. The van der Waals surface area contributed by atoms with E-state index >= 15 is 0 Å². The lowest BCUT2D eigenvalue weighted by Gasteiger charge is -2.06. The quantitative estimate of drug-likeness (QED) is 0.779. The molecule has 0 fully saturated rings. The molecule has 0 bridgehead atoms. The van der Waals surface area contributed by atoms with Crippen LogP contribution >= 0.6 is 0 Å². The maximum absolute atomic E-state index is 12.2. The van der Waals surface area contributed by atoms with Gasteiger partial charge in [-0.2, -0.15) is 5.10 Å². The Morgan fingerprint density at radius 3 is 2.68 bits per heavy atom. The minimum absolute atomic E-state index is 0.173. The summed E-state index contributed by atoms with van der Waals surface area (Å²) < 4.78 is 5.92. The maximum atomic E-state index is 12.2. The van der Waals surface area contributed by atoms with Crippen LogP contribution in [-0.4, -0.2) is 22.4 Å². The summed E-state index contributed by atoms with van der Waals surface area (Å²) in [6.45, 7) is 1.83. The Kier molecular flexibility index (Phi) is 4.07. The molecule has 98 valence electrons. The molecule has 1 aromatic heterocycles. The summed E-state index contributed by atoms with van der Waals surface area (Å²) >= 11 is 0. The zero-order valence-electron chi connectivity index (χ0n) is 10.6. The molecule has 0 saturated heterocycles. The van der Waals surface area contributed by atoms with E-state index in [-0.39, 0.29) is 18.7 Å². The van der Waals surface area contributed by atoms with Crippen LogP contribution in [-0.2, 0) is 16.1 Å². The average molecular weight is 258 g/mol. The highest BCUT2D eigenvalue weighted by Gasteiger charge is 2.10. The van der Waals surface area contributed by atoms with Gasteiger partial charge in [-0.25, -0.2) is 4.68 Å². The van der Waals surface area contributed by atoms with Crippen LogP contribution in [0.2, 0.25) is 0 Å². The van der Waals surface area contributed by atoms with Crippen LogP contribution in [0.1, 0.15) is 6.92 Å². The molecule has 5 heteroatoms. The van der Waals surface area contributed by atoms with Crippen molar-refractivity contribution in [2.75, 3.05) is 6.61 Å². The van der Waals surface area contributed by atoms with Gasteiger partial charge in [-0.1, -0.05) is 30.3 Å². The van der Waals surface area contributed by atoms with E-state index in [4.69, 9.17) is 4.74 Å². The van der Waals surface area contributed by atoms with E-state index in [2.05, 4.69) is 5.10 Å². The third kappa shape index (κ3) is 3.07. The Labute approximate surface area is 110 Å². The van der Waals surface area contributed by atoms with Crippen molar-refractivity contribution in [2.24, 2.45) is 0 Å². The first kappa shape index (κ1) is 13.0. The largest absolute Gasteiger partial charge is 0.465 e. The highest BCUT2D eigenvalue weighted by Crippen LogP contribution is 2.13. The van der Waals surface area contributed by atoms with Crippen LogP contribution in [0, 0.1) is 0 Å². The first-order valence-electron chi connectivity index (χ1n) is 5.99. The summed E-state index contributed by atoms with van der Waals surface area (Å²) in [5.74, 6) is -0.470. The van der Waals surface area contributed by atoms with Crippen molar-refractivity contribution < 1.29 is 9.53 Å². The molecule has 5 nitrogen and oxygen atoms in total. The predicted octanol–water partition coefficient (Wildman–Crippen LogP) is 1.47. The number of ether oxygens (including phenoxy) is 1. The summed E-state index contributed by atoms with van der Waals surface area (Å²) in [7, 11) is 0. The minimum Gasteiger partial charge on any atom is -0.465 e. The zero-order valence-corrected chi connectivity index (χ0v) is 10.6. The number of benzene rings is 1. The summed E-state index contributed by atoms with van der Waals surface area (Å²) in [5, 5.41) is 3.89. The van der Waals surface area contributed by atoms with Gasteiger partial charge in [-0.05, 0) is 18.6 Å². The topological polar surface area (TPSA) is 61.2 Å². The number of carbonyl (C=O) groups excluding carboxylic acids is 1. The first-order chi connectivity index (χ1) is 9.22. The van der Waals surface area contributed by atoms with Crippen molar-refractivity contribution in [2.45, 2.75) is 13.5 Å². The highest BCUT2D eigenvalue weighted by atomic mass is 16.5. The highest BCUT2D eigenvalue weighted by molar-refractivity contribution is 5.69. The Balaban J connectivity index is 2.34. The van der Waals surface area contributed by atoms with Crippen LogP contribution in [0.3, 0.4) is 0 Å². The van der Waals surface area contributed by atoms with Gasteiger partial charge in [0, 0.05) is 6.20 Å². The van der Waals surface area contributed by atoms with E-state index < -0.39 is 5.97 Å². The Morgan fingerprint density at radius 2 is 2.00 bits per heavy atom. The lowest BCUT2D eigenvalue weighted by molar-refractivity contribution is -0.144. The average Bonchev–Trinajstić information content (AvgIpc) is 2.42. The van der Waals surface area contributed by atoms with Crippen molar-refractivity contribution in [1.29, 1.82) is 0 Å². The molecule has 0 aliphatic rings. The Morgan fingerprint density at radius 1 is 1.26 bits per heavy atom. The van der Waals surface area contributed by atoms with Crippen LogP contribution in [0.4, 0.5) is 0 Å². The fourth-order valence-electron chi connectivity index (χ4n) is 1.73. The predicted molar refractivity (Wildman–Crippen MR) is 70.6 cm³/mol. The number of hydrogen-bond donors (Lipinski definition) is 0. The number of nitrogens with zero attached hydrogens (tertiary/aromatic N) is 2. The number of carbonyl (C=O) groups is 1. The first-order valence-corrected chi connectivity index (χ1v) is 5.99. The van der Waals surface area contributed by atoms with E-state index in [0.717, 1.165) is 10.2 Å². The molecule has 0 saturated carbocycles. The lowest BCUT2D eigenvalue weighted by Crippen LogP contribution is -2.28. The molecule has 0 amide bonds. The Hall–Kier alpha value is -2.43. The van der Waals surface area contributed by atoms with Crippen molar-refractivity contribution in [3.05, 3.63) is 52.9 Å². The van der Waals surface area contributed by atoms with E-state index in [0.29, 0.717) is 5.56 Å². The van der Waals surface area contributed by atoms with Crippen molar-refractivity contribution in [1.82, 2.24) is 9.78 Å². The smallest absolute Gasteiger partial charge is 0.327 e. The molecule has 0 aliphatic carbocycles. The van der Waals surface area contributed by atoms with Gasteiger partial charge in [0.15, 0.2) is 0 Å². The summed E-state index contributed by atoms with van der Waals surface area (Å²) in [5.41, 5.74) is 1.01. The lowest BCUT2D eigenvalue weighted by atomic mass is 10.1. The van der Waals surface area contributed by atoms with Gasteiger partial charge >= 0.3 is 5.97 Å². The van der Waals surface area contributed by atoms with E-state index in [9.17, 15) is 9.59 Å². The van der Waals surface area contributed by atoms with Crippen LogP contribution < -0.4 is 5.56 Å². The van der Waals surface area contributed by atoms with E-state index in [1.165, 1.54) is 6.20 Å². The Bertz CT molecular complexity index is 620. The molecule has 1 aromatic carbocycles. The SMILES string of the molecule is CCOC(=O)Cn1nccc(-c2ccccc2)c1=O. The number of esters is 1. The van der Waals surface area contributed by atoms with Gasteiger partial charge in [0.1, 0.15) is 6.54 Å². The number of rotatable bonds is 4. The second-order valence-electron chi connectivity index (χ2n) is 3.88. The third-order valence-electron chi connectivity index (χ3n) is 2.58. The molecule has 0 atom stereocenters. The van der Waals surface area contributed by atoms with E-state index in [1.807, 2.05) is 30.3 Å². The fraction of sp³-hybridized carbons (Fsp3) is 0.214. The van der Waals surface area contributed by atoms with E-state index in [1.54, 1.807) is 13.0 Å². The van der Waals surface area contributed by atoms with Crippen molar-refractivity contribution >= 4 is 5.97 Å². The molecule has 0 N–H and O–H groups in total. The maximum Gasteiger partial charge on any atom is 0.327 e. The molecular formula is C14H14N2O3. The fourth-order valence-corrected chi connectivity index (χ4v) is 1.73. The molecule has 0 aliphatic heterocycles. The number of hydrogen-bond acceptors (Lipinski definition) is 4. The standard InChI is InChI=1S/C14H14N2O3/c1-2-19-13(17)10-16-14(18)12(8-9-15-16)11-6-4-3-5-7-11/h3-9H,2,10H2,1H3. The molecule has 0 unspecified atom stereocenters. The van der Waals surface area contributed by atoms with Crippen molar-refractivity contribution in [3.63, 3.8) is 0 Å². The second-order valence-corrected chi connectivity index (χ2v) is 3.88. The minimum atomic E-state index is -0.470. The van der Waals surface area contributed by atoms with Crippen molar-refractivity contribution in [3.8, 4) is 11.1 Å². The van der Waals surface area contributed by atoms with Crippen LogP contribution in [0.15, 0.2) is 47.4 Å². The summed E-state index contributed by atoms with van der Waals surface area (Å²) in [4.78, 5) is 23.6. The molecule has 0 radical (unpaired) electrons. The van der Waals surface area contributed by atoms with Gasteiger partial charge in [-0.15, -0.1) is 0 Å². The summed E-state index contributed by atoms with van der Waals surface area (Å²) in [6.07, 6.45) is 1.50. The molecule has 19 heavy (non-hydrogen) atoms. The van der Waals surface area contributed by atoms with Gasteiger partial charge in [-0.3, -0.25) is 9.59 Å². The normalized spacial score (nSPS) is 10.2. The summed E-state index contributed by atoms with van der Waals surface area (Å²) in [6, 6.07) is 10.9. The van der Waals surface area contributed by atoms with Gasteiger partial charge in [0.2, 0.25) is 0 Å². The molecule has 2 aromatic rings. The third-order valence-corrected chi connectivity index (χ3v) is 2.58. The monoisotopic (exact) mass is 258 g/mol. The van der Waals surface area contributed by atoms with Gasteiger partial charge in [0.25, 0.3) is 5.56 Å². The van der Waals surface area contributed by atoms with Gasteiger partial charge < -0.3 is 4.74 Å². The molecule has 2 rings (SSSR count). The van der Waals surface area contributed by atoms with Crippen LogP contribution in [0.25, 0.3) is 11.1 Å². The molecule has 1 heterocycles.